The van der Waals surface area contributed by atoms with Crippen molar-refractivity contribution in [1.29, 1.82) is 0 Å². The van der Waals surface area contributed by atoms with E-state index < -0.39 is 9.84 Å². The van der Waals surface area contributed by atoms with Gasteiger partial charge in [-0.2, -0.15) is 0 Å². The molecular formula is C19H20BrNO3S. The van der Waals surface area contributed by atoms with Crippen LogP contribution in [0.1, 0.15) is 24.3 Å². The fourth-order valence-corrected chi connectivity index (χ4v) is 4.69. The third kappa shape index (κ3) is 4.70. The molecule has 3 rings (SSSR count). The average molecular weight is 422 g/mol. The summed E-state index contributed by atoms with van der Waals surface area (Å²) in [6.45, 7) is 0.382. The highest BCUT2D eigenvalue weighted by molar-refractivity contribution is 9.10. The van der Waals surface area contributed by atoms with Crippen molar-refractivity contribution in [2.75, 3.05) is 12.3 Å². The maximum absolute atomic E-state index is 12.2. The van der Waals surface area contributed by atoms with Gasteiger partial charge in [-0.05, 0) is 48.6 Å². The maximum atomic E-state index is 12.2. The summed E-state index contributed by atoms with van der Waals surface area (Å²) in [6, 6.07) is 16.4. The molecule has 2 aromatic carbocycles. The number of carbonyl (C=O) groups is 1. The number of amides is 1. The third-order valence-corrected chi connectivity index (χ3v) is 6.71. The molecule has 0 saturated heterocycles. The molecule has 25 heavy (non-hydrogen) atoms. The molecule has 1 N–H and O–H groups in total. The predicted octanol–water partition coefficient (Wildman–Crippen LogP) is 3.53. The van der Waals surface area contributed by atoms with Gasteiger partial charge in [-0.25, -0.2) is 8.42 Å². The van der Waals surface area contributed by atoms with Crippen LogP contribution in [-0.4, -0.2) is 26.6 Å². The van der Waals surface area contributed by atoms with Gasteiger partial charge >= 0.3 is 0 Å². The van der Waals surface area contributed by atoms with Crippen molar-refractivity contribution in [1.82, 2.24) is 5.32 Å². The molecule has 132 valence electrons. The first-order chi connectivity index (χ1) is 12.0. The fourth-order valence-electron chi connectivity index (χ4n) is 2.94. The van der Waals surface area contributed by atoms with Crippen LogP contribution in [0.3, 0.4) is 0 Å². The number of hydrogen-bond acceptors (Lipinski definition) is 3. The van der Waals surface area contributed by atoms with Gasteiger partial charge < -0.3 is 5.32 Å². The lowest BCUT2D eigenvalue weighted by Gasteiger charge is -2.07. The molecule has 1 aliphatic carbocycles. The van der Waals surface area contributed by atoms with E-state index in [9.17, 15) is 13.2 Å². The number of rotatable bonds is 7. The minimum absolute atomic E-state index is 0.0000282. The van der Waals surface area contributed by atoms with Crippen LogP contribution in [0, 0.1) is 5.92 Å². The Kier molecular flexibility index (Phi) is 5.59. The Hall–Kier alpha value is -1.66. The molecule has 6 heteroatoms. The molecule has 1 amide bonds. The fraction of sp³-hybridized carbons (Fsp3) is 0.316. The summed E-state index contributed by atoms with van der Waals surface area (Å²) in [7, 11) is -3.28. The van der Waals surface area contributed by atoms with Gasteiger partial charge in [-0.1, -0.05) is 46.3 Å². The maximum Gasteiger partial charge on any atom is 0.223 e. The van der Waals surface area contributed by atoms with E-state index in [-0.39, 0.29) is 23.5 Å². The molecule has 4 nitrogen and oxygen atoms in total. The standard InChI is InChI=1S/C19H20BrNO3S/c20-15-7-4-6-14(12-15)17-13-18(17)19(22)21-10-5-11-25(23,24)16-8-2-1-3-9-16/h1-4,6-9,12,17-18H,5,10-11,13H2,(H,21,22). The molecule has 2 unspecified atom stereocenters. The number of benzene rings is 2. The van der Waals surface area contributed by atoms with Gasteiger partial charge in [-0.15, -0.1) is 0 Å². The first kappa shape index (κ1) is 18.1. The van der Waals surface area contributed by atoms with E-state index in [0.29, 0.717) is 17.9 Å². The highest BCUT2D eigenvalue weighted by Gasteiger charge is 2.43. The normalized spacial score (nSPS) is 19.4. The Balaban J connectivity index is 1.44. The summed E-state index contributed by atoms with van der Waals surface area (Å²) in [5.41, 5.74) is 1.17. The molecule has 1 aliphatic rings. The van der Waals surface area contributed by atoms with E-state index in [4.69, 9.17) is 0 Å². The zero-order valence-corrected chi connectivity index (χ0v) is 16.1. The summed E-state index contributed by atoms with van der Waals surface area (Å²) in [5.74, 6) is 0.324. The smallest absolute Gasteiger partial charge is 0.223 e. The molecule has 0 radical (unpaired) electrons. The Morgan fingerprint density at radius 2 is 1.88 bits per heavy atom. The van der Waals surface area contributed by atoms with E-state index in [0.717, 1.165) is 10.9 Å². The van der Waals surface area contributed by atoms with E-state index in [2.05, 4.69) is 21.2 Å². The summed E-state index contributed by atoms with van der Waals surface area (Å²) in [6.07, 6.45) is 1.27. The third-order valence-electron chi connectivity index (χ3n) is 4.40. The van der Waals surface area contributed by atoms with Gasteiger partial charge in [0.2, 0.25) is 5.91 Å². The lowest BCUT2D eigenvalue weighted by atomic mass is 10.1. The predicted molar refractivity (Wildman–Crippen MR) is 101 cm³/mol. The van der Waals surface area contributed by atoms with Crippen LogP contribution in [0.2, 0.25) is 0 Å². The quantitative estimate of drug-likeness (QED) is 0.695. The average Bonchev–Trinajstić information content (AvgIpc) is 3.40. The molecule has 1 fully saturated rings. The molecule has 0 bridgehead atoms. The summed E-state index contributed by atoms with van der Waals surface area (Å²) in [4.78, 5) is 12.5. The van der Waals surface area contributed by atoms with Crippen molar-refractivity contribution in [3.05, 3.63) is 64.6 Å². The zero-order chi connectivity index (χ0) is 17.9. The van der Waals surface area contributed by atoms with Crippen molar-refractivity contribution in [3.8, 4) is 0 Å². The largest absolute Gasteiger partial charge is 0.356 e. The summed E-state index contributed by atoms with van der Waals surface area (Å²) < 4.78 is 25.4. The van der Waals surface area contributed by atoms with Crippen molar-refractivity contribution in [3.63, 3.8) is 0 Å². The van der Waals surface area contributed by atoms with E-state index in [1.165, 1.54) is 5.56 Å². The Bertz CT molecular complexity index is 852. The number of carbonyl (C=O) groups excluding carboxylic acids is 1. The number of halogens is 1. The number of nitrogens with one attached hydrogen (secondary N) is 1. The van der Waals surface area contributed by atoms with Crippen LogP contribution in [0.5, 0.6) is 0 Å². The van der Waals surface area contributed by atoms with Crippen LogP contribution >= 0.6 is 15.9 Å². The van der Waals surface area contributed by atoms with Crippen molar-refractivity contribution < 1.29 is 13.2 Å². The summed E-state index contributed by atoms with van der Waals surface area (Å²) in [5, 5.41) is 2.87. The van der Waals surface area contributed by atoms with Crippen LogP contribution < -0.4 is 5.32 Å². The van der Waals surface area contributed by atoms with Gasteiger partial charge in [0.1, 0.15) is 0 Å². The van der Waals surface area contributed by atoms with Crippen molar-refractivity contribution >= 4 is 31.7 Å². The minimum Gasteiger partial charge on any atom is -0.356 e. The molecule has 0 spiro atoms. The molecular weight excluding hydrogens is 402 g/mol. The highest BCUT2D eigenvalue weighted by Crippen LogP contribution is 2.47. The second-order valence-electron chi connectivity index (χ2n) is 6.28. The SMILES string of the molecule is O=C(NCCCS(=O)(=O)c1ccccc1)C1CC1c1cccc(Br)c1. The van der Waals surface area contributed by atoms with E-state index >= 15 is 0 Å². The van der Waals surface area contributed by atoms with Crippen LogP contribution in [0.4, 0.5) is 0 Å². The van der Waals surface area contributed by atoms with E-state index in [1.54, 1.807) is 30.3 Å². The summed E-state index contributed by atoms with van der Waals surface area (Å²) >= 11 is 3.45. The van der Waals surface area contributed by atoms with Crippen molar-refractivity contribution in [2.45, 2.75) is 23.7 Å². The Morgan fingerprint density at radius 1 is 1.12 bits per heavy atom. The van der Waals surface area contributed by atoms with Crippen LogP contribution in [0.15, 0.2) is 64.0 Å². The van der Waals surface area contributed by atoms with Crippen LogP contribution in [0.25, 0.3) is 0 Å². The second kappa shape index (κ2) is 7.70. The number of sulfone groups is 1. The Labute approximate surface area is 156 Å². The van der Waals surface area contributed by atoms with Crippen molar-refractivity contribution in [2.24, 2.45) is 5.92 Å². The first-order valence-electron chi connectivity index (χ1n) is 8.28. The zero-order valence-electron chi connectivity index (χ0n) is 13.7. The van der Waals surface area contributed by atoms with Gasteiger partial charge in [0.15, 0.2) is 9.84 Å². The number of hydrogen-bond donors (Lipinski definition) is 1. The molecule has 0 aliphatic heterocycles. The lowest BCUT2D eigenvalue weighted by molar-refractivity contribution is -0.122. The molecule has 2 aromatic rings. The van der Waals surface area contributed by atoms with E-state index in [1.807, 2.05) is 24.3 Å². The van der Waals surface area contributed by atoms with Crippen LogP contribution in [-0.2, 0) is 14.6 Å². The Morgan fingerprint density at radius 3 is 2.60 bits per heavy atom. The lowest BCUT2D eigenvalue weighted by Crippen LogP contribution is -2.27. The molecule has 1 saturated carbocycles. The van der Waals surface area contributed by atoms with Gasteiger partial charge in [0.05, 0.1) is 10.6 Å². The van der Waals surface area contributed by atoms with Gasteiger partial charge in [-0.3, -0.25) is 4.79 Å². The molecule has 0 aromatic heterocycles. The van der Waals surface area contributed by atoms with Gasteiger partial charge in [0.25, 0.3) is 0 Å². The topological polar surface area (TPSA) is 63.2 Å². The molecule has 0 heterocycles. The monoisotopic (exact) mass is 421 g/mol. The second-order valence-corrected chi connectivity index (χ2v) is 9.31. The highest BCUT2D eigenvalue weighted by atomic mass is 79.9. The molecule has 2 atom stereocenters. The van der Waals surface area contributed by atoms with Gasteiger partial charge in [0, 0.05) is 16.9 Å². The first-order valence-corrected chi connectivity index (χ1v) is 10.7. The minimum atomic E-state index is -3.28.